The van der Waals surface area contributed by atoms with Gasteiger partial charge in [0.25, 0.3) is 0 Å². The second kappa shape index (κ2) is 6.55. The molecule has 1 saturated carbocycles. The van der Waals surface area contributed by atoms with Gasteiger partial charge in [0.2, 0.25) is 0 Å². The van der Waals surface area contributed by atoms with Gasteiger partial charge in [0.1, 0.15) is 11.6 Å². The molecule has 20 heavy (non-hydrogen) atoms. The molecule has 3 nitrogen and oxygen atoms in total. The molecule has 0 bridgehead atoms. The maximum Gasteiger partial charge on any atom is 0.132 e. The Labute approximate surface area is 120 Å². The third-order valence-electron chi connectivity index (χ3n) is 4.17. The van der Waals surface area contributed by atoms with E-state index in [2.05, 4.69) is 18.9 Å². The average Bonchev–Trinajstić information content (AvgIpc) is 3.10. The number of aliphatic hydroxyl groups excluding tert-OH is 1. The molecule has 4 heteroatoms. The van der Waals surface area contributed by atoms with Crippen LogP contribution in [0.1, 0.15) is 31.4 Å². The summed E-state index contributed by atoms with van der Waals surface area (Å²) < 4.78 is 19.0. The predicted molar refractivity (Wildman–Crippen MR) is 77.3 cm³/mol. The van der Waals surface area contributed by atoms with Crippen molar-refractivity contribution in [1.29, 1.82) is 0 Å². The highest BCUT2D eigenvalue weighted by molar-refractivity contribution is 5.36. The molecule has 0 radical (unpaired) electrons. The number of rotatable bonds is 7. The van der Waals surface area contributed by atoms with Gasteiger partial charge in [-0.3, -0.25) is 0 Å². The van der Waals surface area contributed by atoms with Crippen molar-refractivity contribution in [3.05, 3.63) is 29.6 Å². The van der Waals surface area contributed by atoms with Gasteiger partial charge in [-0.15, -0.1) is 0 Å². The van der Waals surface area contributed by atoms with Gasteiger partial charge in [-0.25, -0.2) is 4.39 Å². The summed E-state index contributed by atoms with van der Waals surface area (Å²) in [5.74, 6) is 1.63. The zero-order chi connectivity index (χ0) is 14.7. The minimum absolute atomic E-state index is 0.267. The number of aliphatic hydroxyl groups is 1. The van der Waals surface area contributed by atoms with E-state index in [9.17, 15) is 9.50 Å². The second-order valence-electron chi connectivity index (χ2n) is 5.90. The molecule has 1 aromatic rings. The van der Waals surface area contributed by atoms with Crippen molar-refractivity contribution in [1.82, 2.24) is 4.90 Å². The highest BCUT2D eigenvalue weighted by Gasteiger charge is 2.33. The van der Waals surface area contributed by atoms with Gasteiger partial charge >= 0.3 is 0 Å². The number of hydrogen-bond donors (Lipinski definition) is 1. The maximum absolute atomic E-state index is 13.8. The summed E-state index contributed by atoms with van der Waals surface area (Å²) in [5, 5.41) is 10.2. The smallest absolute Gasteiger partial charge is 0.132 e. The number of hydrogen-bond acceptors (Lipinski definition) is 3. The largest absolute Gasteiger partial charge is 0.496 e. The van der Waals surface area contributed by atoms with E-state index in [4.69, 9.17) is 4.74 Å². The van der Waals surface area contributed by atoms with Crippen LogP contribution in [0.15, 0.2) is 18.2 Å². The normalized spacial score (nSPS) is 22.9. The van der Waals surface area contributed by atoms with Gasteiger partial charge in [-0.1, -0.05) is 13.0 Å². The van der Waals surface area contributed by atoms with Crippen LogP contribution in [0.2, 0.25) is 0 Å². The fraction of sp³-hybridized carbons (Fsp3) is 0.625. The minimum atomic E-state index is -0.828. The number of ether oxygens (including phenoxy) is 1. The minimum Gasteiger partial charge on any atom is -0.496 e. The summed E-state index contributed by atoms with van der Waals surface area (Å²) in [6.45, 7) is 4.07. The summed E-state index contributed by atoms with van der Waals surface area (Å²) in [7, 11) is 3.54. The fourth-order valence-electron chi connectivity index (χ4n) is 2.65. The lowest BCUT2D eigenvalue weighted by atomic mass is 10.0. The molecule has 1 aromatic carbocycles. The molecule has 2 rings (SSSR count). The first-order chi connectivity index (χ1) is 9.52. The Morgan fingerprint density at radius 1 is 1.50 bits per heavy atom. The molecule has 0 amide bonds. The predicted octanol–water partition coefficient (Wildman–Crippen LogP) is 2.85. The fourth-order valence-corrected chi connectivity index (χ4v) is 2.65. The van der Waals surface area contributed by atoms with Crippen molar-refractivity contribution in [3.8, 4) is 5.75 Å². The maximum atomic E-state index is 13.8. The van der Waals surface area contributed by atoms with Crippen LogP contribution in [0.25, 0.3) is 0 Å². The Kier molecular flexibility index (Phi) is 5.00. The van der Waals surface area contributed by atoms with Crippen molar-refractivity contribution >= 4 is 0 Å². The molecule has 1 N–H and O–H groups in total. The van der Waals surface area contributed by atoms with Gasteiger partial charge in [0, 0.05) is 13.1 Å². The zero-order valence-electron chi connectivity index (χ0n) is 12.5. The molecule has 1 fully saturated rings. The molecule has 0 aromatic heterocycles. The van der Waals surface area contributed by atoms with E-state index in [0.29, 0.717) is 12.2 Å². The first-order valence-electron chi connectivity index (χ1n) is 7.22. The molecule has 0 heterocycles. The summed E-state index contributed by atoms with van der Waals surface area (Å²) in [6.07, 6.45) is 0.980. The average molecular weight is 281 g/mol. The van der Waals surface area contributed by atoms with E-state index in [0.717, 1.165) is 24.9 Å². The van der Waals surface area contributed by atoms with Crippen LogP contribution in [0.3, 0.4) is 0 Å². The first kappa shape index (κ1) is 15.3. The molecule has 3 unspecified atom stereocenters. The molecule has 0 aliphatic heterocycles. The number of nitrogens with zero attached hydrogens (tertiary/aromatic N) is 1. The molecule has 1 aliphatic rings. The van der Waals surface area contributed by atoms with Crippen LogP contribution in [0, 0.1) is 17.7 Å². The Morgan fingerprint density at radius 2 is 2.20 bits per heavy atom. The van der Waals surface area contributed by atoms with Gasteiger partial charge in [0.15, 0.2) is 0 Å². The van der Waals surface area contributed by atoms with E-state index in [1.807, 2.05) is 0 Å². The molecule has 0 spiro atoms. The SMILES string of the molecule is COc1cccc(F)c1C(O)CCN(C)CC1CC1C. The van der Waals surface area contributed by atoms with Crippen LogP contribution in [0.4, 0.5) is 4.39 Å². The number of halogens is 1. The van der Waals surface area contributed by atoms with E-state index in [1.165, 1.54) is 19.6 Å². The van der Waals surface area contributed by atoms with Gasteiger partial charge in [-0.2, -0.15) is 0 Å². The van der Waals surface area contributed by atoms with Crippen molar-refractivity contribution in [2.24, 2.45) is 11.8 Å². The van der Waals surface area contributed by atoms with Crippen molar-refractivity contribution in [2.75, 3.05) is 27.2 Å². The van der Waals surface area contributed by atoms with Gasteiger partial charge in [-0.05, 0) is 43.9 Å². The third kappa shape index (κ3) is 3.70. The first-order valence-corrected chi connectivity index (χ1v) is 7.22. The lowest BCUT2D eigenvalue weighted by Gasteiger charge is -2.20. The lowest BCUT2D eigenvalue weighted by Crippen LogP contribution is -2.24. The Bertz CT molecular complexity index is 452. The van der Waals surface area contributed by atoms with Crippen molar-refractivity contribution in [3.63, 3.8) is 0 Å². The Balaban J connectivity index is 1.89. The summed E-state index contributed by atoms with van der Waals surface area (Å²) in [5.41, 5.74) is 0.267. The molecule has 1 aliphatic carbocycles. The zero-order valence-corrected chi connectivity index (χ0v) is 12.5. The lowest BCUT2D eigenvalue weighted by molar-refractivity contribution is 0.140. The summed E-state index contributed by atoms with van der Waals surface area (Å²) in [4.78, 5) is 2.21. The van der Waals surface area contributed by atoms with E-state index in [1.54, 1.807) is 12.1 Å². The summed E-state index contributed by atoms with van der Waals surface area (Å²) >= 11 is 0. The molecule has 3 atom stereocenters. The number of benzene rings is 1. The van der Waals surface area contributed by atoms with E-state index < -0.39 is 11.9 Å². The highest BCUT2D eigenvalue weighted by atomic mass is 19.1. The van der Waals surface area contributed by atoms with E-state index in [-0.39, 0.29) is 5.56 Å². The van der Waals surface area contributed by atoms with Crippen LogP contribution in [-0.4, -0.2) is 37.3 Å². The Hall–Kier alpha value is -1.13. The van der Waals surface area contributed by atoms with Crippen LogP contribution < -0.4 is 4.74 Å². The van der Waals surface area contributed by atoms with Crippen LogP contribution >= 0.6 is 0 Å². The van der Waals surface area contributed by atoms with Crippen molar-refractivity contribution in [2.45, 2.75) is 25.9 Å². The van der Waals surface area contributed by atoms with Crippen LogP contribution in [-0.2, 0) is 0 Å². The standard InChI is InChI=1S/C16H24FNO2/c1-11-9-12(11)10-18(2)8-7-14(19)16-13(17)5-4-6-15(16)20-3/h4-6,11-12,14,19H,7-10H2,1-3H3. The Morgan fingerprint density at radius 3 is 2.80 bits per heavy atom. The second-order valence-corrected chi connectivity index (χ2v) is 5.90. The van der Waals surface area contributed by atoms with Gasteiger partial charge < -0.3 is 14.7 Å². The molecule has 0 saturated heterocycles. The topological polar surface area (TPSA) is 32.7 Å². The van der Waals surface area contributed by atoms with E-state index >= 15 is 0 Å². The third-order valence-corrected chi connectivity index (χ3v) is 4.17. The monoisotopic (exact) mass is 281 g/mol. The quantitative estimate of drug-likeness (QED) is 0.834. The highest BCUT2D eigenvalue weighted by Crippen LogP contribution is 2.38. The summed E-state index contributed by atoms with van der Waals surface area (Å²) in [6, 6.07) is 4.62. The molecular formula is C16H24FNO2. The van der Waals surface area contributed by atoms with Crippen LogP contribution in [0.5, 0.6) is 5.75 Å². The van der Waals surface area contributed by atoms with Crippen molar-refractivity contribution < 1.29 is 14.2 Å². The number of methoxy groups -OCH3 is 1. The molecule has 112 valence electrons. The molecular weight excluding hydrogens is 257 g/mol. The van der Waals surface area contributed by atoms with Gasteiger partial charge in [0.05, 0.1) is 18.8 Å².